The normalized spacial score (nSPS) is 18.8. The molecule has 1 aliphatic rings. The fraction of sp³-hybridized carbons (Fsp3) is 0.333. The van der Waals surface area contributed by atoms with Gasteiger partial charge in [-0.1, -0.05) is 23.2 Å². The van der Waals surface area contributed by atoms with Gasteiger partial charge in [-0.25, -0.2) is 4.98 Å². The zero-order valence-electron chi connectivity index (χ0n) is 12.2. The molecule has 1 atom stereocenters. The first kappa shape index (κ1) is 16.0. The minimum Gasteiger partial charge on any atom is -0.295 e. The molecule has 0 saturated carbocycles. The number of aryl methyl sites for hydroxylation is 1. The van der Waals surface area contributed by atoms with E-state index in [0.29, 0.717) is 29.2 Å². The highest BCUT2D eigenvalue weighted by Gasteiger charge is 2.28. The Morgan fingerprint density at radius 1 is 1.26 bits per heavy atom. The van der Waals surface area contributed by atoms with Gasteiger partial charge in [-0.05, 0) is 31.9 Å². The van der Waals surface area contributed by atoms with Gasteiger partial charge < -0.3 is 0 Å². The van der Waals surface area contributed by atoms with Gasteiger partial charge in [0.15, 0.2) is 0 Å². The van der Waals surface area contributed by atoms with E-state index in [-0.39, 0.29) is 22.7 Å². The molecular weight excluding hydrogens is 341 g/mol. The van der Waals surface area contributed by atoms with E-state index in [0.717, 1.165) is 0 Å². The lowest BCUT2D eigenvalue weighted by molar-refractivity contribution is -0.131. The zero-order valence-corrected chi connectivity index (χ0v) is 13.7. The fourth-order valence-electron chi connectivity index (χ4n) is 2.82. The first-order valence-electron chi connectivity index (χ1n) is 7.10. The lowest BCUT2D eigenvalue weighted by Crippen LogP contribution is -2.39. The van der Waals surface area contributed by atoms with Crippen molar-refractivity contribution in [3.8, 4) is 0 Å². The first-order chi connectivity index (χ1) is 10.9. The molecule has 1 aliphatic heterocycles. The summed E-state index contributed by atoms with van der Waals surface area (Å²) in [5.41, 5.74) is -0.0497. The summed E-state index contributed by atoms with van der Waals surface area (Å²) >= 11 is 12.1. The van der Waals surface area contributed by atoms with Crippen LogP contribution in [0.4, 0.5) is 0 Å². The van der Waals surface area contributed by atoms with Crippen molar-refractivity contribution >= 4 is 45.9 Å². The molecular formula is C15H13Cl2N3O3. The van der Waals surface area contributed by atoms with Crippen LogP contribution in [-0.2, 0) is 9.59 Å². The van der Waals surface area contributed by atoms with Crippen molar-refractivity contribution < 1.29 is 9.59 Å². The van der Waals surface area contributed by atoms with Crippen molar-refractivity contribution in [1.29, 1.82) is 0 Å². The van der Waals surface area contributed by atoms with E-state index in [9.17, 15) is 14.4 Å². The Balaban J connectivity index is 2.23. The van der Waals surface area contributed by atoms with Crippen LogP contribution in [0, 0.1) is 6.92 Å². The summed E-state index contributed by atoms with van der Waals surface area (Å²) in [7, 11) is 0. The summed E-state index contributed by atoms with van der Waals surface area (Å²) in [4.78, 5) is 40.9. The second-order valence-corrected chi connectivity index (χ2v) is 6.28. The monoisotopic (exact) mass is 353 g/mol. The van der Waals surface area contributed by atoms with Crippen LogP contribution in [0.1, 0.15) is 31.1 Å². The molecule has 8 heteroatoms. The summed E-state index contributed by atoms with van der Waals surface area (Å²) in [5.74, 6) is -0.462. The number of fused-ring (bicyclic) bond motifs is 1. The molecule has 23 heavy (non-hydrogen) atoms. The summed E-state index contributed by atoms with van der Waals surface area (Å²) in [5, 5.41) is 3.14. The van der Waals surface area contributed by atoms with E-state index in [1.54, 1.807) is 6.92 Å². The number of nitrogens with zero attached hydrogens (tertiary/aromatic N) is 2. The summed E-state index contributed by atoms with van der Waals surface area (Å²) < 4.78 is 1.31. The number of benzene rings is 1. The smallest absolute Gasteiger partial charge is 0.262 e. The first-order valence-corrected chi connectivity index (χ1v) is 7.85. The van der Waals surface area contributed by atoms with Crippen LogP contribution in [0.25, 0.3) is 10.9 Å². The molecule has 2 heterocycles. The van der Waals surface area contributed by atoms with E-state index in [4.69, 9.17) is 23.2 Å². The number of halogens is 2. The molecule has 1 fully saturated rings. The predicted molar refractivity (Wildman–Crippen MR) is 86.8 cm³/mol. The van der Waals surface area contributed by atoms with Crippen molar-refractivity contribution in [3.05, 3.63) is 38.4 Å². The molecule has 120 valence electrons. The van der Waals surface area contributed by atoms with Crippen molar-refractivity contribution in [2.75, 3.05) is 0 Å². The second-order valence-electron chi connectivity index (χ2n) is 5.44. The number of hydrogen-bond acceptors (Lipinski definition) is 4. The van der Waals surface area contributed by atoms with E-state index in [1.807, 2.05) is 0 Å². The number of carbonyl (C=O) groups excluding carboxylic acids is 2. The second kappa shape index (κ2) is 5.94. The Morgan fingerprint density at radius 3 is 2.74 bits per heavy atom. The molecule has 2 aromatic rings. The van der Waals surface area contributed by atoms with Crippen LogP contribution >= 0.6 is 23.2 Å². The topological polar surface area (TPSA) is 81.1 Å². The molecule has 1 aromatic carbocycles. The lowest BCUT2D eigenvalue weighted by atomic mass is 10.1. The highest BCUT2D eigenvalue weighted by molar-refractivity contribution is 6.38. The molecule has 6 nitrogen and oxygen atoms in total. The number of nitrogens with one attached hydrogen (secondary N) is 1. The number of rotatable bonds is 1. The predicted octanol–water partition coefficient (Wildman–Crippen LogP) is 2.38. The maximum Gasteiger partial charge on any atom is 0.262 e. The number of aromatic nitrogens is 2. The van der Waals surface area contributed by atoms with Crippen LogP contribution in [0.15, 0.2) is 16.9 Å². The highest BCUT2D eigenvalue weighted by Crippen LogP contribution is 2.26. The molecule has 1 unspecified atom stereocenters. The van der Waals surface area contributed by atoms with Crippen molar-refractivity contribution in [3.63, 3.8) is 0 Å². The SMILES string of the molecule is Cc1nc2c(Cl)cc(Cl)cc2c(=O)n1C1CCCC(=O)NC1=O. The average molecular weight is 354 g/mol. The standard InChI is InChI=1S/C15H13Cl2N3O3/c1-7-18-13-9(5-8(16)6-10(13)17)15(23)20(7)11-3-2-4-12(21)19-14(11)22/h5-6,11H,2-4H2,1H3,(H,19,21,22). The fourth-order valence-corrected chi connectivity index (χ4v) is 3.35. The van der Waals surface area contributed by atoms with Crippen LogP contribution in [-0.4, -0.2) is 21.4 Å². The van der Waals surface area contributed by atoms with Crippen LogP contribution < -0.4 is 10.9 Å². The molecule has 3 rings (SSSR count). The van der Waals surface area contributed by atoms with Crippen LogP contribution in [0.5, 0.6) is 0 Å². The Hall–Kier alpha value is -1.92. The Morgan fingerprint density at radius 2 is 2.00 bits per heavy atom. The van der Waals surface area contributed by atoms with Crippen LogP contribution in [0.2, 0.25) is 10.0 Å². The molecule has 2 amide bonds. The van der Waals surface area contributed by atoms with Crippen LogP contribution in [0.3, 0.4) is 0 Å². The summed E-state index contributed by atoms with van der Waals surface area (Å²) in [6, 6.07) is 2.22. The maximum absolute atomic E-state index is 12.8. The zero-order chi connectivity index (χ0) is 16.7. The largest absolute Gasteiger partial charge is 0.295 e. The quantitative estimate of drug-likeness (QED) is 0.798. The van der Waals surface area contributed by atoms with Gasteiger partial charge in [-0.2, -0.15) is 0 Å². The third-order valence-electron chi connectivity index (χ3n) is 3.86. The van der Waals surface area contributed by atoms with E-state index >= 15 is 0 Å². The number of imide groups is 1. The molecule has 0 radical (unpaired) electrons. The van der Waals surface area contributed by atoms with Gasteiger partial charge >= 0.3 is 0 Å². The minimum atomic E-state index is -0.774. The summed E-state index contributed by atoms with van der Waals surface area (Å²) in [6.45, 7) is 1.63. The van der Waals surface area contributed by atoms with Crippen molar-refractivity contribution in [2.45, 2.75) is 32.2 Å². The Kier molecular flexibility index (Phi) is 4.12. The van der Waals surface area contributed by atoms with E-state index in [2.05, 4.69) is 10.3 Å². The molecule has 0 bridgehead atoms. The third kappa shape index (κ3) is 2.84. The summed E-state index contributed by atoms with van der Waals surface area (Å²) in [6.07, 6.45) is 1.16. The number of hydrogen-bond donors (Lipinski definition) is 1. The molecule has 1 saturated heterocycles. The Bertz CT molecular complexity index is 892. The van der Waals surface area contributed by atoms with E-state index in [1.165, 1.54) is 16.7 Å². The van der Waals surface area contributed by atoms with Gasteiger partial charge in [-0.15, -0.1) is 0 Å². The van der Waals surface area contributed by atoms with Gasteiger partial charge in [0.2, 0.25) is 11.8 Å². The van der Waals surface area contributed by atoms with Gasteiger partial charge in [-0.3, -0.25) is 24.3 Å². The Labute approximate surface area is 141 Å². The number of carbonyl (C=O) groups is 2. The number of amides is 2. The van der Waals surface area contributed by atoms with E-state index < -0.39 is 17.5 Å². The third-order valence-corrected chi connectivity index (χ3v) is 4.36. The maximum atomic E-state index is 12.8. The lowest BCUT2D eigenvalue weighted by Gasteiger charge is -2.19. The average Bonchev–Trinajstić information content (AvgIpc) is 2.62. The van der Waals surface area contributed by atoms with Crippen molar-refractivity contribution in [2.24, 2.45) is 0 Å². The molecule has 0 aliphatic carbocycles. The molecule has 1 aromatic heterocycles. The van der Waals surface area contributed by atoms with Gasteiger partial charge in [0, 0.05) is 11.4 Å². The van der Waals surface area contributed by atoms with Crippen molar-refractivity contribution in [1.82, 2.24) is 14.9 Å². The molecule has 1 N–H and O–H groups in total. The van der Waals surface area contributed by atoms with Gasteiger partial charge in [0.1, 0.15) is 11.9 Å². The minimum absolute atomic E-state index is 0.247. The van der Waals surface area contributed by atoms with Gasteiger partial charge in [0.05, 0.1) is 15.9 Å². The highest BCUT2D eigenvalue weighted by atomic mass is 35.5. The van der Waals surface area contributed by atoms with Gasteiger partial charge in [0.25, 0.3) is 5.56 Å². The molecule has 0 spiro atoms.